The molecule has 0 spiro atoms. The molecule has 2 aromatic heterocycles. The van der Waals surface area contributed by atoms with Gasteiger partial charge in [0.05, 0.1) is 6.20 Å². The normalized spacial score (nSPS) is 16.3. The van der Waals surface area contributed by atoms with E-state index in [0.717, 1.165) is 23.0 Å². The number of hydrogen-bond donors (Lipinski definition) is 1. The molecule has 0 saturated heterocycles. The maximum absolute atomic E-state index is 12.8. The van der Waals surface area contributed by atoms with Gasteiger partial charge in [-0.1, -0.05) is 12.7 Å². The molecule has 0 radical (unpaired) electrons. The van der Waals surface area contributed by atoms with Gasteiger partial charge in [-0.15, -0.1) is 0 Å². The number of pyridine rings is 2. The van der Waals surface area contributed by atoms with Crippen LogP contribution in [0.3, 0.4) is 0 Å². The van der Waals surface area contributed by atoms with Crippen LogP contribution in [-0.2, 0) is 17.6 Å². The lowest BCUT2D eigenvalue weighted by Gasteiger charge is -2.09. The SMILES string of the molecule is C=Cc1cnc2c(c1)CC(C(=O)Nc1ccc(F)cn1)C2. The number of amides is 1. The Morgan fingerprint density at radius 3 is 2.90 bits per heavy atom. The minimum atomic E-state index is -0.428. The molecule has 1 amide bonds. The molecule has 0 aromatic carbocycles. The predicted octanol–water partition coefficient (Wildman–Crippen LogP) is 2.61. The van der Waals surface area contributed by atoms with Crippen LogP contribution in [0, 0.1) is 11.7 Å². The molecule has 106 valence electrons. The van der Waals surface area contributed by atoms with Gasteiger partial charge in [0.25, 0.3) is 0 Å². The zero-order chi connectivity index (χ0) is 14.8. The zero-order valence-electron chi connectivity index (χ0n) is 11.3. The van der Waals surface area contributed by atoms with Crippen molar-refractivity contribution in [3.05, 3.63) is 59.8 Å². The van der Waals surface area contributed by atoms with E-state index < -0.39 is 5.82 Å². The first-order valence-corrected chi connectivity index (χ1v) is 6.68. The maximum atomic E-state index is 12.8. The van der Waals surface area contributed by atoms with E-state index in [1.807, 2.05) is 6.07 Å². The Labute approximate surface area is 121 Å². The van der Waals surface area contributed by atoms with Crippen LogP contribution in [-0.4, -0.2) is 15.9 Å². The van der Waals surface area contributed by atoms with Crippen LogP contribution >= 0.6 is 0 Å². The Bertz CT molecular complexity index is 697. The molecule has 0 saturated carbocycles. The third-order valence-corrected chi connectivity index (χ3v) is 3.57. The molecular weight excluding hydrogens is 269 g/mol. The summed E-state index contributed by atoms with van der Waals surface area (Å²) in [5, 5.41) is 2.71. The van der Waals surface area contributed by atoms with Gasteiger partial charge in [0.15, 0.2) is 0 Å². The van der Waals surface area contributed by atoms with Crippen molar-refractivity contribution in [1.82, 2.24) is 9.97 Å². The van der Waals surface area contributed by atoms with Gasteiger partial charge in [0.2, 0.25) is 5.91 Å². The number of nitrogens with zero attached hydrogens (tertiary/aromatic N) is 2. The van der Waals surface area contributed by atoms with Crippen LogP contribution in [0.15, 0.2) is 37.2 Å². The topological polar surface area (TPSA) is 54.9 Å². The van der Waals surface area contributed by atoms with E-state index in [4.69, 9.17) is 0 Å². The number of rotatable bonds is 3. The lowest BCUT2D eigenvalue weighted by molar-refractivity contribution is -0.119. The summed E-state index contributed by atoms with van der Waals surface area (Å²) >= 11 is 0. The molecule has 0 fully saturated rings. The Kier molecular flexibility index (Phi) is 3.48. The number of aromatic nitrogens is 2. The summed E-state index contributed by atoms with van der Waals surface area (Å²) in [6.45, 7) is 3.72. The smallest absolute Gasteiger partial charge is 0.229 e. The second-order valence-electron chi connectivity index (χ2n) is 5.03. The van der Waals surface area contributed by atoms with Crippen molar-refractivity contribution < 1.29 is 9.18 Å². The van der Waals surface area contributed by atoms with Crippen LogP contribution in [0.25, 0.3) is 6.08 Å². The van der Waals surface area contributed by atoms with Crippen molar-refractivity contribution in [3.63, 3.8) is 0 Å². The summed E-state index contributed by atoms with van der Waals surface area (Å²) in [7, 11) is 0. The number of fused-ring (bicyclic) bond motifs is 1. The fourth-order valence-corrected chi connectivity index (χ4v) is 2.46. The Morgan fingerprint density at radius 2 is 2.19 bits per heavy atom. The molecule has 1 aliphatic carbocycles. The van der Waals surface area contributed by atoms with Crippen molar-refractivity contribution >= 4 is 17.8 Å². The summed E-state index contributed by atoms with van der Waals surface area (Å²) in [4.78, 5) is 20.4. The highest BCUT2D eigenvalue weighted by atomic mass is 19.1. The second-order valence-corrected chi connectivity index (χ2v) is 5.03. The third-order valence-electron chi connectivity index (χ3n) is 3.57. The number of carbonyl (C=O) groups is 1. The molecule has 1 N–H and O–H groups in total. The maximum Gasteiger partial charge on any atom is 0.229 e. The second kappa shape index (κ2) is 5.44. The van der Waals surface area contributed by atoms with Gasteiger partial charge < -0.3 is 5.32 Å². The average Bonchev–Trinajstić information content (AvgIpc) is 2.92. The standard InChI is InChI=1S/C16H14FN3O/c1-2-10-5-11-6-12(7-14(11)18-8-10)16(21)20-15-4-3-13(17)9-19-15/h2-5,8-9,12H,1,6-7H2,(H,19,20,21). The minimum absolute atomic E-state index is 0.118. The quantitative estimate of drug-likeness (QED) is 0.942. The van der Waals surface area contributed by atoms with E-state index in [1.54, 1.807) is 12.3 Å². The Balaban J connectivity index is 1.70. The Hall–Kier alpha value is -2.56. The van der Waals surface area contributed by atoms with Crippen LogP contribution in [0.2, 0.25) is 0 Å². The first-order valence-electron chi connectivity index (χ1n) is 6.68. The van der Waals surface area contributed by atoms with E-state index in [1.165, 1.54) is 12.1 Å². The van der Waals surface area contributed by atoms with E-state index in [0.29, 0.717) is 18.7 Å². The lowest BCUT2D eigenvalue weighted by atomic mass is 10.1. The first-order chi connectivity index (χ1) is 10.2. The molecule has 1 atom stereocenters. The molecule has 2 heterocycles. The highest BCUT2D eigenvalue weighted by Gasteiger charge is 2.28. The summed E-state index contributed by atoms with van der Waals surface area (Å²) < 4.78 is 12.8. The average molecular weight is 283 g/mol. The molecule has 0 aliphatic heterocycles. The lowest BCUT2D eigenvalue weighted by Crippen LogP contribution is -2.23. The fraction of sp³-hybridized carbons (Fsp3) is 0.188. The van der Waals surface area contributed by atoms with E-state index >= 15 is 0 Å². The molecule has 5 heteroatoms. The number of hydrogen-bond acceptors (Lipinski definition) is 3. The van der Waals surface area contributed by atoms with E-state index in [2.05, 4.69) is 21.9 Å². The molecule has 1 aliphatic rings. The molecule has 0 bridgehead atoms. The molecule has 21 heavy (non-hydrogen) atoms. The van der Waals surface area contributed by atoms with Crippen molar-refractivity contribution in [3.8, 4) is 0 Å². The fourth-order valence-electron chi connectivity index (χ4n) is 2.46. The van der Waals surface area contributed by atoms with E-state index in [-0.39, 0.29) is 11.8 Å². The van der Waals surface area contributed by atoms with E-state index in [9.17, 15) is 9.18 Å². The molecule has 1 unspecified atom stereocenters. The third kappa shape index (κ3) is 2.81. The molecular formula is C16H14FN3O. The van der Waals surface area contributed by atoms with Gasteiger partial charge in [-0.3, -0.25) is 9.78 Å². The summed E-state index contributed by atoms with van der Waals surface area (Å²) in [5.74, 6) is -0.355. The monoisotopic (exact) mass is 283 g/mol. The van der Waals surface area contributed by atoms with Crippen LogP contribution in [0.5, 0.6) is 0 Å². The molecule has 3 rings (SSSR count). The van der Waals surface area contributed by atoms with Crippen LogP contribution in [0.1, 0.15) is 16.8 Å². The predicted molar refractivity (Wildman–Crippen MR) is 78.1 cm³/mol. The summed E-state index contributed by atoms with van der Waals surface area (Å²) in [6.07, 6.45) is 5.84. The van der Waals surface area contributed by atoms with Gasteiger partial charge in [0, 0.05) is 24.2 Å². The van der Waals surface area contributed by atoms with Crippen molar-refractivity contribution in [2.75, 3.05) is 5.32 Å². The Morgan fingerprint density at radius 1 is 1.33 bits per heavy atom. The first kappa shape index (κ1) is 13.4. The van der Waals surface area contributed by atoms with Crippen LogP contribution in [0.4, 0.5) is 10.2 Å². The highest BCUT2D eigenvalue weighted by Crippen LogP contribution is 2.27. The minimum Gasteiger partial charge on any atom is -0.310 e. The van der Waals surface area contributed by atoms with Crippen LogP contribution < -0.4 is 5.32 Å². The number of carbonyl (C=O) groups excluding carboxylic acids is 1. The van der Waals surface area contributed by atoms with Gasteiger partial charge in [-0.2, -0.15) is 0 Å². The molecule has 4 nitrogen and oxygen atoms in total. The highest BCUT2D eigenvalue weighted by molar-refractivity contribution is 5.92. The van der Waals surface area contributed by atoms with Gasteiger partial charge in [0.1, 0.15) is 11.6 Å². The number of nitrogens with one attached hydrogen (secondary N) is 1. The summed E-state index contributed by atoms with van der Waals surface area (Å²) in [6, 6.07) is 4.73. The largest absolute Gasteiger partial charge is 0.310 e. The van der Waals surface area contributed by atoms with Gasteiger partial charge in [-0.25, -0.2) is 9.37 Å². The molecule has 2 aromatic rings. The van der Waals surface area contributed by atoms with Crippen molar-refractivity contribution in [2.45, 2.75) is 12.8 Å². The number of halogens is 1. The van der Waals surface area contributed by atoms with Gasteiger partial charge >= 0.3 is 0 Å². The summed E-state index contributed by atoms with van der Waals surface area (Å²) in [5.41, 5.74) is 2.99. The van der Waals surface area contributed by atoms with Crippen molar-refractivity contribution in [1.29, 1.82) is 0 Å². The van der Waals surface area contributed by atoms with Crippen molar-refractivity contribution in [2.24, 2.45) is 5.92 Å². The zero-order valence-corrected chi connectivity index (χ0v) is 11.3. The van der Waals surface area contributed by atoms with Gasteiger partial charge in [-0.05, 0) is 35.7 Å². The number of anilines is 1.